The molecule has 0 saturated heterocycles. The number of carbonyl (C=O) groups is 2. The van der Waals surface area contributed by atoms with E-state index in [1.807, 2.05) is 6.92 Å². The lowest BCUT2D eigenvalue weighted by Gasteiger charge is -2.38. The Morgan fingerprint density at radius 2 is 1.82 bits per heavy atom. The number of hydrogen-bond acceptors (Lipinski definition) is 6. The number of rotatable bonds is 7. The van der Waals surface area contributed by atoms with Crippen LogP contribution in [0.3, 0.4) is 0 Å². The van der Waals surface area contributed by atoms with Crippen LogP contribution < -0.4 is 14.8 Å². The van der Waals surface area contributed by atoms with E-state index in [9.17, 15) is 36.3 Å². The van der Waals surface area contributed by atoms with E-state index in [-0.39, 0.29) is 48.3 Å². The Morgan fingerprint density at radius 3 is 2.38 bits per heavy atom. The molecule has 0 bridgehead atoms. The maximum Gasteiger partial charge on any atom is 0.416 e. The van der Waals surface area contributed by atoms with Crippen LogP contribution >= 0.6 is 0 Å². The monoisotopic (exact) mass is 572 g/mol. The van der Waals surface area contributed by atoms with Crippen LogP contribution in [0.1, 0.15) is 29.8 Å². The number of carbonyl (C=O) groups excluding carboxylic acids is 2. The van der Waals surface area contributed by atoms with Gasteiger partial charge in [-0.2, -0.15) is 13.2 Å². The van der Waals surface area contributed by atoms with Gasteiger partial charge in [-0.15, -0.1) is 0 Å². The third-order valence-electron chi connectivity index (χ3n) is 6.23. The second kappa shape index (κ2) is 11.7. The summed E-state index contributed by atoms with van der Waals surface area (Å²) >= 11 is 0. The summed E-state index contributed by atoms with van der Waals surface area (Å²) in [5.41, 5.74) is -0.424. The Balaban J connectivity index is 1.84. The second-order valence-corrected chi connectivity index (χ2v) is 11.3. The van der Waals surface area contributed by atoms with Gasteiger partial charge in [-0.3, -0.25) is 9.52 Å². The zero-order chi connectivity index (χ0) is 29.1. The maximum absolute atomic E-state index is 13.4. The highest BCUT2D eigenvalue weighted by molar-refractivity contribution is 7.92. The molecule has 0 aliphatic carbocycles. The van der Waals surface area contributed by atoms with Gasteiger partial charge >= 0.3 is 12.2 Å². The van der Waals surface area contributed by atoms with E-state index in [4.69, 9.17) is 4.74 Å². The molecule has 1 heterocycles. The van der Waals surface area contributed by atoms with Crippen molar-refractivity contribution < 1.29 is 41.0 Å². The van der Waals surface area contributed by atoms with E-state index in [0.29, 0.717) is 0 Å². The first kappa shape index (κ1) is 30.0. The lowest BCUT2D eigenvalue weighted by Crippen LogP contribution is -2.50. The van der Waals surface area contributed by atoms with E-state index in [2.05, 4.69) is 10.0 Å². The van der Waals surface area contributed by atoms with Gasteiger partial charge in [0.25, 0.3) is 5.91 Å². The predicted molar refractivity (Wildman–Crippen MR) is 139 cm³/mol. The molecule has 0 saturated carbocycles. The molecule has 1 aliphatic heterocycles. The number of anilines is 2. The van der Waals surface area contributed by atoms with Crippen LogP contribution in [-0.4, -0.2) is 80.4 Å². The van der Waals surface area contributed by atoms with Gasteiger partial charge in [-0.25, -0.2) is 13.2 Å². The van der Waals surface area contributed by atoms with Crippen LogP contribution in [0, 0.1) is 5.92 Å². The van der Waals surface area contributed by atoms with Crippen LogP contribution in [0.5, 0.6) is 5.75 Å². The minimum absolute atomic E-state index is 0.0476. The van der Waals surface area contributed by atoms with Gasteiger partial charge in [0.2, 0.25) is 10.0 Å². The minimum Gasteiger partial charge on any atom is -0.487 e. The van der Waals surface area contributed by atoms with E-state index < -0.39 is 45.8 Å². The average molecular weight is 573 g/mol. The number of urea groups is 1. The first-order valence-corrected chi connectivity index (χ1v) is 13.9. The number of nitrogens with one attached hydrogen (secondary N) is 2. The fraction of sp³-hybridized carbons (Fsp3) is 0.440. The molecule has 3 N–H and O–H groups in total. The number of sulfonamides is 1. The molecule has 39 heavy (non-hydrogen) atoms. The largest absolute Gasteiger partial charge is 0.487 e. The van der Waals surface area contributed by atoms with Crippen LogP contribution in [0.2, 0.25) is 0 Å². The Hall–Kier alpha value is -3.52. The normalized spacial score (nSPS) is 18.8. The summed E-state index contributed by atoms with van der Waals surface area (Å²) < 4.78 is 70.3. The highest BCUT2D eigenvalue weighted by atomic mass is 32.2. The maximum atomic E-state index is 13.4. The molecule has 0 fully saturated rings. The number of likely N-dealkylation sites (N-methyl/N-ethyl adjacent to an activating group) is 1. The average Bonchev–Trinajstić information content (AvgIpc) is 2.84. The summed E-state index contributed by atoms with van der Waals surface area (Å²) in [5.74, 6) is -0.601. The minimum atomic E-state index is -4.49. The Kier molecular flexibility index (Phi) is 9.01. The molecule has 214 valence electrons. The van der Waals surface area contributed by atoms with E-state index in [1.165, 1.54) is 35.0 Å². The highest BCUT2D eigenvalue weighted by Crippen LogP contribution is 2.32. The van der Waals surface area contributed by atoms with Crippen LogP contribution in [0.15, 0.2) is 42.5 Å². The van der Waals surface area contributed by atoms with Crippen molar-refractivity contribution in [3.05, 3.63) is 53.6 Å². The van der Waals surface area contributed by atoms with Gasteiger partial charge in [0.05, 0.1) is 36.6 Å². The van der Waals surface area contributed by atoms with Crippen molar-refractivity contribution in [1.82, 2.24) is 9.80 Å². The van der Waals surface area contributed by atoms with Crippen molar-refractivity contribution in [3.8, 4) is 5.75 Å². The SMILES string of the molecule is C[C@@H]1CN([C@H](C)CO)C(=O)c2cc(NS(C)(=O)=O)ccc2O[C@H]1CN(C)C(=O)Nc1ccc(C(F)(F)F)cc1. The number of fused-ring (bicyclic) bond motifs is 1. The third kappa shape index (κ3) is 7.76. The number of amides is 3. The molecule has 0 spiro atoms. The molecule has 0 radical (unpaired) electrons. The standard InChI is InChI=1S/C25H31F3N4O6S/c1-15-12-32(16(2)14-33)23(34)20-11-19(30-39(4,36)37)9-10-21(20)38-22(15)13-31(3)24(35)29-18-7-5-17(6-8-18)25(26,27)28/h5-11,15-16,22,30,33H,12-14H2,1-4H3,(H,29,35)/t15-,16-,22+/m1/s1. The lowest BCUT2D eigenvalue weighted by molar-refractivity contribution is -0.137. The zero-order valence-electron chi connectivity index (χ0n) is 21.8. The van der Waals surface area contributed by atoms with Gasteiger partial charge in [-0.05, 0) is 49.4 Å². The molecule has 2 aromatic carbocycles. The number of benzene rings is 2. The summed E-state index contributed by atoms with van der Waals surface area (Å²) in [5, 5.41) is 12.3. The van der Waals surface area contributed by atoms with Crippen molar-refractivity contribution in [3.63, 3.8) is 0 Å². The zero-order valence-corrected chi connectivity index (χ0v) is 22.6. The fourth-order valence-corrected chi connectivity index (χ4v) is 4.59. The van der Waals surface area contributed by atoms with Gasteiger partial charge in [-0.1, -0.05) is 6.92 Å². The number of nitrogens with zero attached hydrogens (tertiary/aromatic N) is 2. The fourth-order valence-electron chi connectivity index (χ4n) is 4.03. The van der Waals surface area contributed by atoms with Crippen molar-refractivity contribution in [1.29, 1.82) is 0 Å². The van der Waals surface area contributed by atoms with Gasteiger partial charge in [0.15, 0.2) is 0 Å². The number of ether oxygens (including phenoxy) is 1. The Morgan fingerprint density at radius 1 is 1.21 bits per heavy atom. The summed E-state index contributed by atoms with van der Waals surface area (Å²) in [7, 11) is -2.12. The van der Waals surface area contributed by atoms with Crippen LogP contribution in [0.25, 0.3) is 0 Å². The third-order valence-corrected chi connectivity index (χ3v) is 6.84. The molecule has 0 unspecified atom stereocenters. The smallest absolute Gasteiger partial charge is 0.416 e. The van der Waals surface area contributed by atoms with Crippen molar-refractivity contribution >= 4 is 33.3 Å². The number of halogens is 3. The molecule has 10 nitrogen and oxygen atoms in total. The number of aliphatic hydroxyl groups excluding tert-OH is 1. The van der Waals surface area contributed by atoms with Gasteiger partial charge in [0, 0.05) is 30.9 Å². The lowest BCUT2D eigenvalue weighted by atomic mass is 9.99. The first-order chi connectivity index (χ1) is 18.1. The molecule has 2 aromatic rings. The van der Waals surface area contributed by atoms with Gasteiger partial charge in [0.1, 0.15) is 11.9 Å². The van der Waals surface area contributed by atoms with E-state index in [1.54, 1.807) is 6.92 Å². The topological polar surface area (TPSA) is 128 Å². The Bertz CT molecular complexity index is 1300. The quantitative estimate of drug-likeness (QED) is 0.466. The Labute approximate surface area is 224 Å². The molecule has 0 aromatic heterocycles. The molecule has 1 aliphatic rings. The highest BCUT2D eigenvalue weighted by Gasteiger charge is 2.34. The molecule has 14 heteroatoms. The number of aliphatic hydroxyl groups is 1. The molecule has 3 amide bonds. The van der Waals surface area contributed by atoms with E-state index >= 15 is 0 Å². The second-order valence-electron chi connectivity index (χ2n) is 9.59. The van der Waals surface area contributed by atoms with Crippen LogP contribution in [0.4, 0.5) is 29.3 Å². The summed E-state index contributed by atoms with van der Waals surface area (Å²) in [6.45, 7) is 3.40. The number of hydrogen-bond donors (Lipinski definition) is 3. The molecule has 3 rings (SSSR count). The first-order valence-electron chi connectivity index (χ1n) is 12.0. The van der Waals surface area contributed by atoms with Crippen molar-refractivity contribution in [2.24, 2.45) is 5.92 Å². The summed E-state index contributed by atoms with van der Waals surface area (Å²) in [6, 6.07) is 7.15. The number of alkyl halides is 3. The summed E-state index contributed by atoms with van der Waals surface area (Å²) in [6.07, 6.45) is -4.15. The van der Waals surface area contributed by atoms with E-state index in [0.717, 1.165) is 30.5 Å². The van der Waals surface area contributed by atoms with Gasteiger partial charge < -0.3 is 25.0 Å². The van der Waals surface area contributed by atoms with Crippen molar-refractivity contribution in [2.45, 2.75) is 32.2 Å². The molecule has 3 atom stereocenters. The summed E-state index contributed by atoms with van der Waals surface area (Å²) in [4.78, 5) is 29.0. The van der Waals surface area contributed by atoms with Crippen molar-refractivity contribution in [2.75, 3.05) is 43.0 Å². The predicted octanol–water partition coefficient (Wildman–Crippen LogP) is 3.46. The molecular formula is C25H31F3N4O6S. The molecular weight excluding hydrogens is 541 g/mol. The van der Waals surface area contributed by atoms with Crippen LogP contribution in [-0.2, 0) is 16.2 Å².